The van der Waals surface area contributed by atoms with Crippen molar-refractivity contribution in [1.29, 1.82) is 0 Å². The molecule has 4 heteroatoms. The maximum atomic E-state index is 6.16. The number of thiazole rings is 1. The minimum absolute atomic E-state index is 0.0837. The lowest BCUT2D eigenvalue weighted by Crippen LogP contribution is -2.26. The first-order valence-electron chi connectivity index (χ1n) is 8.45. The molecule has 0 saturated heterocycles. The van der Waals surface area contributed by atoms with Gasteiger partial charge in [-0.05, 0) is 38.6 Å². The Morgan fingerprint density at radius 2 is 2.00 bits per heavy atom. The molecule has 21 heavy (non-hydrogen) atoms. The monoisotopic (exact) mass is 310 g/mol. The highest BCUT2D eigenvalue weighted by molar-refractivity contribution is 7.11. The van der Waals surface area contributed by atoms with Crippen LogP contribution in [0, 0.1) is 5.92 Å². The van der Waals surface area contributed by atoms with Crippen LogP contribution in [0.1, 0.15) is 69.0 Å². The van der Waals surface area contributed by atoms with Crippen LogP contribution in [0.15, 0.2) is 0 Å². The molecule has 0 aliphatic heterocycles. The van der Waals surface area contributed by atoms with E-state index in [0.717, 1.165) is 39.0 Å². The maximum Gasteiger partial charge on any atom is 0.125 e. The van der Waals surface area contributed by atoms with Gasteiger partial charge >= 0.3 is 0 Å². The van der Waals surface area contributed by atoms with Gasteiger partial charge in [-0.1, -0.05) is 33.6 Å². The van der Waals surface area contributed by atoms with Crippen LogP contribution in [-0.4, -0.2) is 18.1 Å². The van der Waals surface area contributed by atoms with Crippen molar-refractivity contribution in [2.45, 2.75) is 71.9 Å². The highest BCUT2D eigenvalue weighted by Crippen LogP contribution is 2.44. The number of rotatable bonds is 8. The third-order valence-electron chi connectivity index (χ3n) is 4.17. The molecular weight excluding hydrogens is 280 g/mol. The topological polar surface area (TPSA) is 34.1 Å². The second kappa shape index (κ2) is 7.70. The van der Waals surface area contributed by atoms with Crippen LogP contribution in [0.2, 0.25) is 0 Å². The molecule has 1 heterocycles. The van der Waals surface area contributed by atoms with Crippen molar-refractivity contribution < 1.29 is 4.74 Å². The van der Waals surface area contributed by atoms with Gasteiger partial charge in [-0.15, -0.1) is 11.3 Å². The molecule has 1 saturated carbocycles. The maximum absolute atomic E-state index is 6.16. The summed E-state index contributed by atoms with van der Waals surface area (Å²) in [5, 5.41) is 4.78. The Labute approximate surface area is 133 Å². The zero-order valence-electron chi connectivity index (χ0n) is 14.0. The average molecular weight is 311 g/mol. The summed E-state index contributed by atoms with van der Waals surface area (Å²) < 4.78 is 6.16. The number of aromatic nitrogens is 1. The van der Waals surface area contributed by atoms with E-state index in [1.165, 1.54) is 28.4 Å². The Balaban J connectivity index is 2.14. The molecule has 0 amide bonds. The fourth-order valence-corrected chi connectivity index (χ4v) is 4.43. The van der Waals surface area contributed by atoms with Gasteiger partial charge < -0.3 is 10.1 Å². The van der Waals surface area contributed by atoms with Crippen molar-refractivity contribution in [3.63, 3.8) is 0 Å². The first-order valence-corrected chi connectivity index (χ1v) is 9.26. The van der Waals surface area contributed by atoms with Crippen LogP contribution in [0.4, 0.5) is 0 Å². The number of aryl methyl sites for hydroxylation is 1. The van der Waals surface area contributed by atoms with Crippen molar-refractivity contribution in [3.8, 4) is 0 Å². The van der Waals surface area contributed by atoms with Crippen molar-refractivity contribution in [1.82, 2.24) is 10.3 Å². The third-order valence-corrected chi connectivity index (χ3v) is 5.46. The standard InChI is InChI=1S/C17H30N2OS/c1-5-14-15(12-18-11-13(3)4)21-16(19-14)17(20-6-2)9-7-8-10-17/h13,18H,5-12H2,1-4H3. The Kier molecular flexibility index (Phi) is 6.20. The predicted octanol–water partition coefficient (Wildman–Crippen LogP) is 4.26. The van der Waals surface area contributed by atoms with Gasteiger partial charge in [0.1, 0.15) is 10.6 Å². The summed E-state index contributed by atoms with van der Waals surface area (Å²) >= 11 is 1.87. The quantitative estimate of drug-likeness (QED) is 0.779. The summed E-state index contributed by atoms with van der Waals surface area (Å²) in [6.07, 6.45) is 5.81. The molecule has 0 radical (unpaired) electrons. The second-order valence-corrected chi connectivity index (χ2v) is 7.49. The van der Waals surface area contributed by atoms with E-state index in [4.69, 9.17) is 9.72 Å². The first-order chi connectivity index (χ1) is 10.1. The lowest BCUT2D eigenvalue weighted by Gasteiger charge is -2.26. The van der Waals surface area contributed by atoms with Crippen LogP contribution in [0.3, 0.4) is 0 Å². The predicted molar refractivity (Wildman–Crippen MR) is 89.8 cm³/mol. The lowest BCUT2D eigenvalue weighted by molar-refractivity contribution is -0.0392. The van der Waals surface area contributed by atoms with Crippen LogP contribution in [0.5, 0.6) is 0 Å². The molecule has 1 aromatic rings. The highest BCUT2D eigenvalue weighted by atomic mass is 32.1. The largest absolute Gasteiger partial charge is 0.368 e. The van der Waals surface area contributed by atoms with Crippen molar-refractivity contribution in [3.05, 3.63) is 15.6 Å². The Morgan fingerprint density at radius 1 is 1.29 bits per heavy atom. The molecule has 1 aliphatic rings. The molecule has 120 valence electrons. The second-order valence-electron chi connectivity index (χ2n) is 6.40. The molecule has 3 nitrogen and oxygen atoms in total. The summed E-state index contributed by atoms with van der Waals surface area (Å²) in [7, 11) is 0. The molecule has 0 atom stereocenters. The van der Waals surface area contributed by atoms with Crippen LogP contribution in [0.25, 0.3) is 0 Å². The number of nitrogens with zero attached hydrogens (tertiary/aromatic N) is 1. The molecule has 1 N–H and O–H groups in total. The molecular formula is C17H30N2OS. The molecule has 0 bridgehead atoms. The number of hydrogen-bond acceptors (Lipinski definition) is 4. The minimum atomic E-state index is -0.0837. The highest BCUT2D eigenvalue weighted by Gasteiger charge is 2.39. The zero-order chi connectivity index (χ0) is 15.3. The summed E-state index contributed by atoms with van der Waals surface area (Å²) in [6.45, 7) is 11.6. The fourth-order valence-electron chi connectivity index (χ4n) is 3.11. The molecule has 0 unspecified atom stereocenters. The van der Waals surface area contributed by atoms with Gasteiger partial charge in [0.05, 0.1) is 5.69 Å². The van der Waals surface area contributed by atoms with Crippen LogP contribution < -0.4 is 5.32 Å². The minimum Gasteiger partial charge on any atom is -0.368 e. The Hall–Kier alpha value is -0.450. The van der Waals surface area contributed by atoms with Crippen molar-refractivity contribution in [2.75, 3.05) is 13.2 Å². The molecule has 1 fully saturated rings. The molecule has 0 spiro atoms. The van der Waals surface area contributed by atoms with Crippen molar-refractivity contribution in [2.24, 2.45) is 5.92 Å². The first kappa shape index (κ1) is 16.9. The SMILES string of the molecule is CCOC1(c2nc(CC)c(CNCC(C)C)s2)CCCC1. The molecule has 2 rings (SSSR count). The fraction of sp³-hybridized carbons (Fsp3) is 0.824. The molecule has 0 aromatic carbocycles. The van der Waals surface area contributed by atoms with Gasteiger partial charge in [-0.2, -0.15) is 0 Å². The van der Waals surface area contributed by atoms with Crippen molar-refractivity contribution >= 4 is 11.3 Å². The van der Waals surface area contributed by atoms with E-state index < -0.39 is 0 Å². The molecule has 1 aliphatic carbocycles. The van der Waals surface area contributed by atoms with Gasteiger partial charge in [-0.3, -0.25) is 0 Å². The van der Waals surface area contributed by atoms with E-state index in [0.29, 0.717) is 5.92 Å². The summed E-state index contributed by atoms with van der Waals surface area (Å²) in [5.74, 6) is 0.687. The average Bonchev–Trinajstić information content (AvgIpc) is 3.06. The van der Waals surface area contributed by atoms with Gasteiger partial charge in [0.25, 0.3) is 0 Å². The Morgan fingerprint density at radius 3 is 2.57 bits per heavy atom. The number of ether oxygens (including phenoxy) is 1. The van der Waals surface area contributed by atoms with Crippen LogP contribution in [-0.2, 0) is 23.3 Å². The zero-order valence-corrected chi connectivity index (χ0v) is 14.8. The Bertz CT molecular complexity index is 436. The van der Waals surface area contributed by atoms with Gasteiger partial charge in [0.2, 0.25) is 0 Å². The van der Waals surface area contributed by atoms with E-state index in [-0.39, 0.29) is 5.60 Å². The van der Waals surface area contributed by atoms with E-state index in [9.17, 15) is 0 Å². The smallest absolute Gasteiger partial charge is 0.125 e. The number of nitrogens with one attached hydrogen (secondary N) is 1. The third kappa shape index (κ3) is 4.05. The summed E-state index contributed by atoms with van der Waals surface area (Å²) in [6, 6.07) is 0. The van der Waals surface area contributed by atoms with Gasteiger partial charge in [0.15, 0.2) is 0 Å². The van der Waals surface area contributed by atoms with E-state index in [1.807, 2.05) is 11.3 Å². The van der Waals surface area contributed by atoms with E-state index in [2.05, 4.69) is 33.0 Å². The van der Waals surface area contributed by atoms with Crippen LogP contribution >= 0.6 is 11.3 Å². The summed E-state index contributed by atoms with van der Waals surface area (Å²) in [5.41, 5.74) is 1.18. The summed E-state index contributed by atoms with van der Waals surface area (Å²) in [4.78, 5) is 6.35. The number of hydrogen-bond donors (Lipinski definition) is 1. The van der Waals surface area contributed by atoms with Gasteiger partial charge in [-0.25, -0.2) is 4.98 Å². The van der Waals surface area contributed by atoms with Gasteiger partial charge in [0, 0.05) is 18.0 Å². The van der Waals surface area contributed by atoms with E-state index >= 15 is 0 Å². The lowest BCUT2D eigenvalue weighted by atomic mass is 10.0. The van der Waals surface area contributed by atoms with E-state index in [1.54, 1.807) is 0 Å². The normalized spacial score (nSPS) is 17.8. The molecule has 1 aromatic heterocycles.